The van der Waals surface area contributed by atoms with Gasteiger partial charge in [-0.1, -0.05) is 42.5 Å². The molecule has 3 aromatic rings. The molecule has 0 aliphatic heterocycles. The average molecular weight is 391 g/mol. The molecule has 1 amide bonds. The Kier molecular flexibility index (Phi) is 6.95. The van der Waals surface area contributed by atoms with E-state index in [2.05, 4.69) is 10.3 Å². The van der Waals surface area contributed by atoms with Crippen molar-refractivity contribution in [2.75, 3.05) is 11.9 Å². The van der Waals surface area contributed by atoms with Crippen LogP contribution in [0.15, 0.2) is 72.9 Å². The highest BCUT2D eigenvalue weighted by molar-refractivity contribution is 5.94. The summed E-state index contributed by atoms with van der Waals surface area (Å²) in [4.78, 5) is 19.2. The quantitative estimate of drug-likeness (QED) is 0.592. The first-order valence-electron chi connectivity index (χ1n) is 9.82. The first-order chi connectivity index (χ1) is 14.0. The third kappa shape index (κ3) is 5.88. The minimum absolute atomic E-state index is 0.0331. The Morgan fingerprint density at radius 2 is 1.72 bits per heavy atom. The van der Waals surface area contributed by atoms with Crippen molar-refractivity contribution >= 4 is 11.7 Å². The van der Waals surface area contributed by atoms with Gasteiger partial charge in [-0.2, -0.15) is 0 Å². The maximum atomic E-state index is 13.0. The molecule has 0 bridgehead atoms. The number of nitrogens with zero attached hydrogens (tertiary/aromatic N) is 2. The molecule has 150 valence electrons. The molecular formula is C24H26FN3O. The summed E-state index contributed by atoms with van der Waals surface area (Å²) in [5.74, 6) is 0.448. The number of hydrogen-bond acceptors (Lipinski definition) is 3. The number of amides is 1. The maximum absolute atomic E-state index is 13.0. The van der Waals surface area contributed by atoms with Crippen molar-refractivity contribution in [3.8, 4) is 0 Å². The molecule has 1 heterocycles. The van der Waals surface area contributed by atoms with E-state index in [-0.39, 0.29) is 17.8 Å². The lowest BCUT2D eigenvalue weighted by molar-refractivity contribution is 0.0690. The van der Waals surface area contributed by atoms with Crippen LogP contribution >= 0.6 is 0 Å². The lowest BCUT2D eigenvalue weighted by Gasteiger charge is -2.27. The molecule has 0 aliphatic rings. The molecule has 4 nitrogen and oxygen atoms in total. The van der Waals surface area contributed by atoms with Gasteiger partial charge in [-0.25, -0.2) is 9.37 Å². The van der Waals surface area contributed by atoms with E-state index in [1.807, 2.05) is 55.1 Å². The lowest BCUT2D eigenvalue weighted by Crippen LogP contribution is -2.36. The van der Waals surface area contributed by atoms with E-state index < -0.39 is 0 Å². The maximum Gasteiger partial charge on any atom is 0.255 e. The van der Waals surface area contributed by atoms with Crippen molar-refractivity contribution in [2.24, 2.45) is 0 Å². The zero-order valence-corrected chi connectivity index (χ0v) is 16.8. The van der Waals surface area contributed by atoms with Crippen LogP contribution in [0.2, 0.25) is 0 Å². The van der Waals surface area contributed by atoms with E-state index in [1.165, 1.54) is 12.1 Å². The second kappa shape index (κ2) is 9.82. The van der Waals surface area contributed by atoms with Gasteiger partial charge in [0.15, 0.2) is 0 Å². The summed E-state index contributed by atoms with van der Waals surface area (Å²) >= 11 is 0. The number of hydrogen-bond donors (Lipinski definition) is 1. The van der Waals surface area contributed by atoms with E-state index >= 15 is 0 Å². The van der Waals surface area contributed by atoms with Gasteiger partial charge in [0.25, 0.3) is 5.91 Å². The van der Waals surface area contributed by atoms with Crippen molar-refractivity contribution in [3.63, 3.8) is 0 Å². The smallest absolute Gasteiger partial charge is 0.255 e. The zero-order valence-electron chi connectivity index (χ0n) is 16.8. The molecular weight excluding hydrogens is 365 g/mol. The summed E-state index contributed by atoms with van der Waals surface area (Å²) in [5, 5.41) is 3.24. The molecule has 5 heteroatoms. The van der Waals surface area contributed by atoms with Gasteiger partial charge in [0.1, 0.15) is 11.6 Å². The predicted octanol–water partition coefficient (Wildman–Crippen LogP) is 4.93. The van der Waals surface area contributed by atoms with Gasteiger partial charge >= 0.3 is 0 Å². The molecule has 0 fully saturated rings. The first kappa shape index (κ1) is 20.5. The summed E-state index contributed by atoms with van der Waals surface area (Å²) in [6, 6.07) is 20.2. The van der Waals surface area contributed by atoms with Crippen LogP contribution in [0.3, 0.4) is 0 Å². The van der Waals surface area contributed by atoms with Gasteiger partial charge in [-0.3, -0.25) is 4.79 Å². The average Bonchev–Trinajstić information content (AvgIpc) is 2.74. The van der Waals surface area contributed by atoms with Crippen molar-refractivity contribution < 1.29 is 9.18 Å². The van der Waals surface area contributed by atoms with Gasteiger partial charge in [-0.05, 0) is 55.7 Å². The minimum Gasteiger partial charge on any atom is -0.370 e. The summed E-state index contributed by atoms with van der Waals surface area (Å²) in [7, 11) is 0. The number of nitrogens with one attached hydrogen (secondary N) is 1. The number of carbonyl (C=O) groups excluding carboxylic acids is 1. The number of aromatic nitrogens is 1. The number of pyridine rings is 1. The summed E-state index contributed by atoms with van der Waals surface area (Å²) < 4.78 is 12.9. The largest absolute Gasteiger partial charge is 0.370 e. The first-order valence-corrected chi connectivity index (χ1v) is 9.82. The highest BCUT2D eigenvalue weighted by Crippen LogP contribution is 2.14. The number of carbonyl (C=O) groups is 1. The molecule has 29 heavy (non-hydrogen) atoms. The van der Waals surface area contributed by atoms with E-state index in [0.717, 1.165) is 17.5 Å². The van der Waals surface area contributed by atoms with E-state index in [9.17, 15) is 9.18 Å². The Balaban J connectivity index is 1.58. The summed E-state index contributed by atoms with van der Waals surface area (Å²) in [5.41, 5.74) is 2.72. The molecule has 0 saturated carbocycles. The SMILES string of the molecule is CC(C)N(Cc1ccccc1)C(=O)c1ccc(NCCc2ccc(F)cc2)nc1. The van der Waals surface area contributed by atoms with Gasteiger partial charge in [0.2, 0.25) is 0 Å². The standard InChI is InChI=1S/C24H26FN3O/c1-18(2)28(17-20-6-4-3-5-7-20)24(29)21-10-13-23(27-16-21)26-15-14-19-8-11-22(25)12-9-19/h3-13,16,18H,14-15,17H2,1-2H3,(H,26,27). The van der Waals surface area contributed by atoms with Crippen LogP contribution in [-0.2, 0) is 13.0 Å². The summed E-state index contributed by atoms with van der Waals surface area (Å²) in [6.45, 7) is 5.27. The second-order valence-corrected chi connectivity index (χ2v) is 7.25. The van der Waals surface area contributed by atoms with Crippen molar-refractivity contribution in [2.45, 2.75) is 32.9 Å². The van der Waals surface area contributed by atoms with E-state index in [4.69, 9.17) is 0 Å². The molecule has 0 saturated heterocycles. The number of rotatable bonds is 8. The van der Waals surface area contributed by atoms with Crippen LogP contribution in [0, 0.1) is 5.82 Å². The van der Waals surface area contributed by atoms with E-state index in [1.54, 1.807) is 24.4 Å². The molecule has 2 aromatic carbocycles. The van der Waals surface area contributed by atoms with Crippen LogP contribution in [0.4, 0.5) is 10.2 Å². The van der Waals surface area contributed by atoms with Crippen molar-refractivity contribution in [3.05, 3.63) is 95.4 Å². The topological polar surface area (TPSA) is 45.2 Å². The Morgan fingerprint density at radius 1 is 1.00 bits per heavy atom. The molecule has 1 N–H and O–H groups in total. The van der Waals surface area contributed by atoms with Gasteiger partial charge in [0, 0.05) is 25.3 Å². The summed E-state index contributed by atoms with van der Waals surface area (Å²) in [6.07, 6.45) is 2.38. The third-order valence-electron chi connectivity index (χ3n) is 4.72. The molecule has 0 unspecified atom stereocenters. The number of benzene rings is 2. The third-order valence-corrected chi connectivity index (χ3v) is 4.72. The highest BCUT2D eigenvalue weighted by Gasteiger charge is 2.19. The Labute approximate surface area is 171 Å². The molecule has 0 aliphatic carbocycles. The Bertz CT molecular complexity index is 909. The van der Waals surface area contributed by atoms with Gasteiger partial charge in [0.05, 0.1) is 5.56 Å². The van der Waals surface area contributed by atoms with Crippen LogP contribution in [0.1, 0.15) is 35.3 Å². The molecule has 3 rings (SSSR count). The van der Waals surface area contributed by atoms with Crippen LogP contribution in [0.25, 0.3) is 0 Å². The monoisotopic (exact) mass is 391 g/mol. The second-order valence-electron chi connectivity index (χ2n) is 7.25. The van der Waals surface area contributed by atoms with Crippen LogP contribution in [0.5, 0.6) is 0 Å². The highest BCUT2D eigenvalue weighted by atomic mass is 19.1. The van der Waals surface area contributed by atoms with Crippen molar-refractivity contribution in [1.82, 2.24) is 9.88 Å². The van der Waals surface area contributed by atoms with Crippen LogP contribution in [-0.4, -0.2) is 28.4 Å². The fourth-order valence-corrected chi connectivity index (χ4v) is 3.05. The zero-order chi connectivity index (χ0) is 20.6. The fraction of sp³-hybridized carbons (Fsp3) is 0.250. The fourth-order valence-electron chi connectivity index (χ4n) is 3.05. The van der Waals surface area contributed by atoms with E-state index in [0.29, 0.717) is 24.5 Å². The Hall–Kier alpha value is -3.21. The molecule has 1 aromatic heterocycles. The van der Waals surface area contributed by atoms with Crippen LogP contribution < -0.4 is 5.32 Å². The number of halogens is 1. The lowest BCUT2D eigenvalue weighted by atomic mass is 10.1. The Morgan fingerprint density at radius 3 is 2.34 bits per heavy atom. The molecule has 0 atom stereocenters. The predicted molar refractivity (Wildman–Crippen MR) is 114 cm³/mol. The molecule has 0 spiro atoms. The van der Waals surface area contributed by atoms with Gasteiger partial charge in [-0.15, -0.1) is 0 Å². The normalized spacial score (nSPS) is 10.8. The number of anilines is 1. The minimum atomic E-state index is -0.230. The van der Waals surface area contributed by atoms with Crippen molar-refractivity contribution in [1.29, 1.82) is 0 Å². The van der Waals surface area contributed by atoms with Gasteiger partial charge < -0.3 is 10.2 Å². The molecule has 0 radical (unpaired) electrons.